The maximum Gasteiger partial charge on any atom is 0.272 e. The first-order chi connectivity index (χ1) is 9.56. The number of carbonyl (C=O) groups excluding carboxylic acids is 1. The molecule has 0 bridgehead atoms. The van der Waals surface area contributed by atoms with E-state index in [0.717, 1.165) is 17.4 Å². The van der Waals surface area contributed by atoms with Gasteiger partial charge >= 0.3 is 0 Å². The van der Waals surface area contributed by atoms with E-state index in [2.05, 4.69) is 12.0 Å². The molecule has 1 amide bonds. The molecule has 5 heteroatoms. The third-order valence-corrected chi connectivity index (χ3v) is 3.94. The summed E-state index contributed by atoms with van der Waals surface area (Å²) >= 11 is 0. The van der Waals surface area contributed by atoms with Gasteiger partial charge in [-0.1, -0.05) is 6.92 Å². The fraction of sp³-hybridized carbons (Fsp3) is 0.467. The molecule has 1 saturated carbocycles. The van der Waals surface area contributed by atoms with Gasteiger partial charge in [0, 0.05) is 26.2 Å². The van der Waals surface area contributed by atoms with E-state index in [4.69, 9.17) is 4.42 Å². The first kappa shape index (κ1) is 13.0. The van der Waals surface area contributed by atoms with Crippen LogP contribution in [0.2, 0.25) is 0 Å². The van der Waals surface area contributed by atoms with Crippen LogP contribution in [0.3, 0.4) is 0 Å². The molecule has 2 atom stereocenters. The monoisotopic (exact) mass is 273 g/mol. The summed E-state index contributed by atoms with van der Waals surface area (Å²) < 4.78 is 7.41. The molecule has 2 heterocycles. The molecule has 20 heavy (non-hydrogen) atoms. The van der Waals surface area contributed by atoms with Crippen molar-refractivity contribution in [2.24, 2.45) is 13.0 Å². The predicted octanol–water partition coefficient (Wildman–Crippen LogP) is 2.41. The van der Waals surface area contributed by atoms with Gasteiger partial charge in [0.1, 0.15) is 17.2 Å². The van der Waals surface area contributed by atoms with E-state index in [9.17, 15) is 4.79 Å². The molecule has 0 aromatic carbocycles. The third-order valence-electron chi connectivity index (χ3n) is 3.94. The zero-order chi connectivity index (χ0) is 14.3. The smallest absolute Gasteiger partial charge is 0.272 e. The normalized spacial score (nSPS) is 20.9. The average Bonchev–Trinajstić information content (AvgIpc) is 2.81. The molecule has 0 spiro atoms. The molecular formula is C15H19N3O2. The van der Waals surface area contributed by atoms with Crippen molar-refractivity contribution < 1.29 is 9.21 Å². The lowest BCUT2D eigenvalue weighted by atomic mass is 10.3. The SMILES string of the molecule is C[C@@H]1C[C@H]1c1ccc(CN(C)C(=O)c2ccnn2C)o1. The van der Waals surface area contributed by atoms with Crippen LogP contribution in [0.1, 0.15) is 41.3 Å². The van der Waals surface area contributed by atoms with Crippen LogP contribution in [0.5, 0.6) is 0 Å². The number of aromatic nitrogens is 2. The number of amides is 1. The van der Waals surface area contributed by atoms with Crippen LogP contribution in [0.25, 0.3) is 0 Å². The number of carbonyl (C=O) groups is 1. The Balaban J connectivity index is 1.66. The second-order valence-electron chi connectivity index (χ2n) is 5.62. The van der Waals surface area contributed by atoms with Crippen LogP contribution in [-0.4, -0.2) is 27.6 Å². The summed E-state index contributed by atoms with van der Waals surface area (Å²) in [5.74, 6) is 3.12. The highest BCUT2D eigenvalue weighted by Crippen LogP contribution is 2.47. The van der Waals surface area contributed by atoms with Gasteiger partial charge in [0.15, 0.2) is 0 Å². The quantitative estimate of drug-likeness (QED) is 0.859. The highest BCUT2D eigenvalue weighted by atomic mass is 16.3. The number of hydrogen-bond acceptors (Lipinski definition) is 3. The van der Waals surface area contributed by atoms with Crippen molar-refractivity contribution in [3.8, 4) is 0 Å². The molecule has 1 fully saturated rings. The van der Waals surface area contributed by atoms with Crippen molar-refractivity contribution in [1.29, 1.82) is 0 Å². The van der Waals surface area contributed by atoms with Gasteiger partial charge in [0.25, 0.3) is 5.91 Å². The lowest BCUT2D eigenvalue weighted by molar-refractivity contribution is 0.0764. The Kier molecular flexibility index (Phi) is 3.12. The van der Waals surface area contributed by atoms with Gasteiger partial charge < -0.3 is 9.32 Å². The molecule has 0 N–H and O–H groups in total. The molecular weight excluding hydrogens is 254 g/mol. The zero-order valence-electron chi connectivity index (χ0n) is 12.0. The van der Waals surface area contributed by atoms with Gasteiger partial charge in [-0.2, -0.15) is 5.10 Å². The Labute approximate surface area is 118 Å². The minimum Gasteiger partial charge on any atom is -0.464 e. The molecule has 0 radical (unpaired) electrons. The van der Waals surface area contributed by atoms with Crippen molar-refractivity contribution in [2.75, 3.05) is 7.05 Å². The molecule has 0 aliphatic heterocycles. The van der Waals surface area contributed by atoms with Gasteiger partial charge in [0.05, 0.1) is 6.54 Å². The van der Waals surface area contributed by atoms with Crippen LogP contribution in [0.15, 0.2) is 28.8 Å². The van der Waals surface area contributed by atoms with E-state index in [0.29, 0.717) is 18.2 Å². The van der Waals surface area contributed by atoms with E-state index in [1.165, 1.54) is 6.42 Å². The summed E-state index contributed by atoms with van der Waals surface area (Å²) in [5.41, 5.74) is 0.579. The minimum atomic E-state index is -0.0530. The molecule has 5 nitrogen and oxygen atoms in total. The Bertz CT molecular complexity index is 629. The van der Waals surface area contributed by atoms with Gasteiger partial charge in [-0.3, -0.25) is 9.48 Å². The number of rotatable bonds is 4. The van der Waals surface area contributed by atoms with Crippen LogP contribution < -0.4 is 0 Å². The Morgan fingerprint density at radius 1 is 1.50 bits per heavy atom. The maximum absolute atomic E-state index is 12.3. The molecule has 0 saturated heterocycles. The summed E-state index contributed by atoms with van der Waals surface area (Å²) in [6.45, 7) is 2.70. The van der Waals surface area contributed by atoms with E-state index < -0.39 is 0 Å². The van der Waals surface area contributed by atoms with Crippen molar-refractivity contribution in [3.05, 3.63) is 41.6 Å². The van der Waals surface area contributed by atoms with E-state index in [1.54, 1.807) is 35.9 Å². The highest BCUT2D eigenvalue weighted by molar-refractivity contribution is 5.92. The Morgan fingerprint density at radius 3 is 2.85 bits per heavy atom. The van der Waals surface area contributed by atoms with Crippen LogP contribution in [-0.2, 0) is 13.6 Å². The topological polar surface area (TPSA) is 51.3 Å². The van der Waals surface area contributed by atoms with E-state index in [-0.39, 0.29) is 5.91 Å². The summed E-state index contributed by atoms with van der Waals surface area (Å²) in [5, 5.41) is 4.02. The van der Waals surface area contributed by atoms with Crippen molar-refractivity contribution >= 4 is 5.91 Å². The zero-order valence-corrected chi connectivity index (χ0v) is 12.0. The molecule has 1 aliphatic rings. The van der Waals surface area contributed by atoms with Crippen LogP contribution >= 0.6 is 0 Å². The molecule has 2 aromatic rings. The Morgan fingerprint density at radius 2 is 2.25 bits per heavy atom. The lowest BCUT2D eigenvalue weighted by Crippen LogP contribution is -2.27. The second kappa shape index (κ2) is 4.81. The predicted molar refractivity (Wildman–Crippen MR) is 74.2 cm³/mol. The lowest BCUT2D eigenvalue weighted by Gasteiger charge is -2.15. The van der Waals surface area contributed by atoms with E-state index in [1.807, 2.05) is 12.1 Å². The number of aryl methyl sites for hydroxylation is 1. The first-order valence-corrected chi connectivity index (χ1v) is 6.88. The summed E-state index contributed by atoms with van der Waals surface area (Å²) in [4.78, 5) is 13.9. The highest BCUT2D eigenvalue weighted by Gasteiger charge is 2.36. The van der Waals surface area contributed by atoms with E-state index >= 15 is 0 Å². The fourth-order valence-corrected chi connectivity index (χ4v) is 2.48. The van der Waals surface area contributed by atoms with Gasteiger partial charge in [0.2, 0.25) is 0 Å². The van der Waals surface area contributed by atoms with Gasteiger partial charge in [-0.15, -0.1) is 0 Å². The molecule has 0 unspecified atom stereocenters. The minimum absolute atomic E-state index is 0.0530. The van der Waals surface area contributed by atoms with Crippen LogP contribution in [0.4, 0.5) is 0 Å². The van der Waals surface area contributed by atoms with Gasteiger partial charge in [-0.05, 0) is 30.5 Å². The van der Waals surface area contributed by atoms with Gasteiger partial charge in [-0.25, -0.2) is 0 Å². The summed E-state index contributed by atoms with van der Waals surface area (Å²) in [6.07, 6.45) is 2.83. The fourth-order valence-electron chi connectivity index (χ4n) is 2.48. The average molecular weight is 273 g/mol. The van der Waals surface area contributed by atoms with Crippen molar-refractivity contribution in [1.82, 2.24) is 14.7 Å². The second-order valence-corrected chi connectivity index (χ2v) is 5.62. The van der Waals surface area contributed by atoms with Crippen molar-refractivity contribution in [2.45, 2.75) is 25.8 Å². The molecule has 2 aromatic heterocycles. The number of furan rings is 1. The van der Waals surface area contributed by atoms with Crippen molar-refractivity contribution in [3.63, 3.8) is 0 Å². The Hall–Kier alpha value is -2.04. The maximum atomic E-state index is 12.3. The standard InChI is InChI=1S/C15H19N3O2/c1-10-8-12(10)14-5-4-11(20-14)9-17(2)15(19)13-6-7-16-18(13)3/h4-7,10,12H,8-9H2,1-3H3/t10-,12-/m1/s1. The largest absolute Gasteiger partial charge is 0.464 e. The molecule has 1 aliphatic carbocycles. The first-order valence-electron chi connectivity index (χ1n) is 6.88. The van der Waals surface area contributed by atoms with Crippen LogP contribution in [0, 0.1) is 5.92 Å². The summed E-state index contributed by atoms with van der Waals surface area (Å²) in [6, 6.07) is 5.72. The molecule has 3 rings (SSSR count). The number of hydrogen-bond donors (Lipinski definition) is 0. The molecule has 106 valence electrons. The third kappa shape index (κ3) is 2.35. The summed E-state index contributed by atoms with van der Waals surface area (Å²) in [7, 11) is 3.54. The number of nitrogens with zero attached hydrogens (tertiary/aromatic N) is 3.